The van der Waals surface area contributed by atoms with Crippen LogP contribution in [-0.4, -0.2) is 77.4 Å². The maximum atomic E-state index is 9.10. The van der Waals surface area contributed by atoms with Gasteiger partial charge in [-0.2, -0.15) is 0 Å². The molecule has 2 aliphatic rings. The van der Waals surface area contributed by atoms with E-state index in [1.807, 2.05) is 0 Å². The molecular formula is C18H25BrN2O5. The van der Waals surface area contributed by atoms with Crippen molar-refractivity contribution in [2.45, 2.75) is 25.4 Å². The molecule has 2 N–H and O–H groups in total. The molecule has 1 aromatic rings. The van der Waals surface area contributed by atoms with Crippen molar-refractivity contribution in [3.05, 3.63) is 34.3 Å². The Kier molecular flexibility index (Phi) is 8.50. The van der Waals surface area contributed by atoms with Gasteiger partial charge in [0.2, 0.25) is 0 Å². The second kappa shape index (κ2) is 10.6. The number of carboxylic acid groups (broad SMARTS) is 2. The van der Waals surface area contributed by atoms with E-state index in [4.69, 9.17) is 24.5 Å². The van der Waals surface area contributed by atoms with Crippen molar-refractivity contribution in [3.8, 4) is 0 Å². The van der Waals surface area contributed by atoms with Crippen LogP contribution in [0, 0.1) is 0 Å². The zero-order chi connectivity index (χ0) is 18.9. The fourth-order valence-electron chi connectivity index (χ4n) is 3.28. The Labute approximate surface area is 161 Å². The largest absolute Gasteiger partial charge is 0.473 e. The second-order valence-electron chi connectivity index (χ2n) is 6.40. The summed E-state index contributed by atoms with van der Waals surface area (Å²) in [5.41, 5.74) is 1.41. The Bertz CT molecular complexity index is 587. The summed E-state index contributed by atoms with van der Waals surface area (Å²) in [5.74, 6) is -3.65. The molecule has 2 heterocycles. The highest BCUT2D eigenvalue weighted by Crippen LogP contribution is 2.20. The molecule has 144 valence electrons. The average molecular weight is 429 g/mol. The van der Waals surface area contributed by atoms with Crippen molar-refractivity contribution in [3.63, 3.8) is 0 Å². The minimum Gasteiger partial charge on any atom is -0.473 e. The zero-order valence-electron chi connectivity index (χ0n) is 14.6. The number of morpholine rings is 1. The summed E-state index contributed by atoms with van der Waals surface area (Å²) in [5, 5.41) is 14.8. The monoisotopic (exact) mass is 428 g/mol. The number of likely N-dealkylation sites (tertiary alicyclic amines) is 1. The molecule has 0 unspecified atom stereocenters. The van der Waals surface area contributed by atoms with Gasteiger partial charge in [0.05, 0.1) is 13.2 Å². The van der Waals surface area contributed by atoms with Crippen LogP contribution in [0.25, 0.3) is 0 Å². The Morgan fingerprint density at radius 2 is 1.69 bits per heavy atom. The molecule has 2 saturated heterocycles. The van der Waals surface area contributed by atoms with Crippen LogP contribution >= 0.6 is 15.9 Å². The number of piperidine rings is 1. The van der Waals surface area contributed by atoms with Gasteiger partial charge in [0.15, 0.2) is 0 Å². The Balaban J connectivity index is 0.000000352. The molecule has 26 heavy (non-hydrogen) atoms. The Morgan fingerprint density at radius 3 is 2.23 bits per heavy atom. The van der Waals surface area contributed by atoms with Crippen LogP contribution in [-0.2, 0) is 20.9 Å². The van der Waals surface area contributed by atoms with Gasteiger partial charge in [-0.15, -0.1) is 0 Å². The van der Waals surface area contributed by atoms with Gasteiger partial charge in [0.25, 0.3) is 0 Å². The van der Waals surface area contributed by atoms with Crippen LogP contribution in [0.1, 0.15) is 18.4 Å². The number of aliphatic carboxylic acids is 2. The third-order valence-electron chi connectivity index (χ3n) is 4.60. The van der Waals surface area contributed by atoms with Crippen LogP contribution in [0.3, 0.4) is 0 Å². The van der Waals surface area contributed by atoms with Crippen molar-refractivity contribution in [2.24, 2.45) is 0 Å². The van der Waals surface area contributed by atoms with Crippen molar-refractivity contribution >= 4 is 27.9 Å². The van der Waals surface area contributed by atoms with Gasteiger partial charge < -0.3 is 14.9 Å². The topological polar surface area (TPSA) is 90.3 Å². The first-order chi connectivity index (χ1) is 12.5. The minimum absolute atomic E-state index is 0.776. The first-order valence-corrected chi connectivity index (χ1v) is 9.50. The molecule has 0 saturated carbocycles. The van der Waals surface area contributed by atoms with Crippen molar-refractivity contribution in [1.29, 1.82) is 0 Å². The standard InChI is InChI=1S/C16H23BrN2O.C2H2O4/c17-15-3-1-2-14(12-15)13-18-6-4-16(5-7-18)19-8-10-20-11-9-19;3-1(4)2(5)6/h1-3,12,16H,4-11,13H2;(H,3,4)(H,5,6). The lowest BCUT2D eigenvalue weighted by Crippen LogP contribution is -2.48. The molecule has 0 spiro atoms. The summed E-state index contributed by atoms with van der Waals surface area (Å²) in [6, 6.07) is 9.44. The molecule has 1 aromatic carbocycles. The smallest absolute Gasteiger partial charge is 0.414 e. The molecule has 0 aliphatic carbocycles. The number of rotatable bonds is 3. The van der Waals surface area contributed by atoms with Crippen molar-refractivity contribution in [2.75, 3.05) is 39.4 Å². The predicted molar refractivity (Wildman–Crippen MR) is 100 cm³/mol. The number of benzene rings is 1. The van der Waals surface area contributed by atoms with Gasteiger partial charge in [-0.3, -0.25) is 9.80 Å². The number of carbonyl (C=O) groups is 2. The average Bonchev–Trinajstić information content (AvgIpc) is 2.63. The lowest BCUT2D eigenvalue weighted by molar-refractivity contribution is -0.159. The molecule has 2 aliphatic heterocycles. The Morgan fingerprint density at radius 1 is 1.08 bits per heavy atom. The maximum absolute atomic E-state index is 9.10. The summed E-state index contributed by atoms with van der Waals surface area (Å²) in [6.45, 7) is 7.58. The van der Waals surface area contributed by atoms with E-state index in [-0.39, 0.29) is 0 Å². The van der Waals surface area contributed by atoms with Crippen LogP contribution < -0.4 is 0 Å². The van der Waals surface area contributed by atoms with E-state index in [0.29, 0.717) is 0 Å². The lowest BCUT2D eigenvalue weighted by atomic mass is 10.0. The third kappa shape index (κ3) is 7.03. The van der Waals surface area contributed by atoms with Gasteiger partial charge >= 0.3 is 11.9 Å². The summed E-state index contributed by atoms with van der Waals surface area (Å²) in [7, 11) is 0. The first kappa shape index (κ1) is 20.8. The van der Waals surface area contributed by atoms with Crippen molar-refractivity contribution in [1.82, 2.24) is 9.80 Å². The molecule has 3 rings (SSSR count). The van der Waals surface area contributed by atoms with E-state index in [2.05, 4.69) is 50.0 Å². The third-order valence-corrected chi connectivity index (χ3v) is 5.09. The molecule has 0 aromatic heterocycles. The minimum atomic E-state index is -1.82. The molecule has 0 bridgehead atoms. The maximum Gasteiger partial charge on any atom is 0.414 e. The normalized spacial score (nSPS) is 19.4. The Hall–Kier alpha value is -1.48. The molecule has 0 atom stereocenters. The number of hydrogen-bond donors (Lipinski definition) is 2. The number of carboxylic acids is 2. The van der Waals surface area contributed by atoms with Crippen LogP contribution in [0.5, 0.6) is 0 Å². The number of ether oxygens (including phenoxy) is 1. The SMILES string of the molecule is Brc1cccc(CN2CCC(N3CCOCC3)CC2)c1.O=C(O)C(=O)O. The van der Waals surface area contributed by atoms with Gasteiger partial charge in [0, 0.05) is 30.1 Å². The molecular weight excluding hydrogens is 404 g/mol. The zero-order valence-corrected chi connectivity index (χ0v) is 16.2. The highest BCUT2D eigenvalue weighted by molar-refractivity contribution is 9.10. The van der Waals surface area contributed by atoms with E-state index < -0.39 is 11.9 Å². The molecule has 2 fully saturated rings. The van der Waals surface area contributed by atoms with Crippen LogP contribution in [0.2, 0.25) is 0 Å². The highest BCUT2D eigenvalue weighted by Gasteiger charge is 2.25. The first-order valence-electron chi connectivity index (χ1n) is 8.70. The number of nitrogens with zero attached hydrogens (tertiary/aromatic N) is 2. The number of halogens is 1. The van der Waals surface area contributed by atoms with Gasteiger partial charge in [-0.1, -0.05) is 28.1 Å². The van der Waals surface area contributed by atoms with Gasteiger partial charge in [0.1, 0.15) is 0 Å². The highest BCUT2D eigenvalue weighted by atomic mass is 79.9. The van der Waals surface area contributed by atoms with E-state index >= 15 is 0 Å². The van der Waals surface area contributed by atoms with E-state index in [1.54, 1.807) is 0 Å². The molecule has 8 heteroatoms. The van der Waals surface area contributed by atoms with E-state index in [9.17, 15) is 0 Å². The fraction of sp³-hybridized carbons (Fsp3) is 0.556. The van der Waals surface area contributed by atoms with Crippen molar-refractivity contribution < 1.29 is 24.5 Å². The fourth-order valence-corrected chi connectivity index (χ4v) is 3.73. The van der Waals surface area contributed by atoms with E-state index in [0.717, 1.165) is 38.9 Å². The predicted octanol–water partition coefficient (Wildman–Crippen LogP) is 1.90. The molecule has 0 radical (unpaired) electrons. The molecule has 7 nitrogen and oxygen atoms in total. The molecule has 0 amide bonds. The van der Waals surface area contributed by atoms with Gasteiger partial charge in [-0.25, -0.2) is 9.59 Å². The lowest BCUT2D eigenvalue weighted by Gasteiger charge is -2.40. The van der Waals surface area contributed by atoms with Crippen LogP contribution in [0.15, 0.2) is 28.7 Å². The van der Waals surface area contributed by atoms with Gasteiger partial charge in [-0.05, 0) is 43.6 Å². The summed E-state index contributed by atoms with van der Waals surface area (Å²) in [4.78, 5) is 23.4. The number of hydrogen-bond acceptors (Lipinski definition) is 5. The quantitative estimate of drug-likeness (QED) is 0.710. The summed E-state index contributed by atoms with van der Waals surface area (Å²) in [6.07, 6.45) is 2.60. The summed E-state index contributed by atoms with van der Waals surface area (Å²) < 4.78 is 6.62. The van der Waals surface area contributed by atoms with Crippen LogP contribution in [0.4, 0.5) is 0 Å². The summed E-state index contributed by atoms with van der Waals surface area (Å²) >= 11 is 3.55. The van der Waals surface area contributed by atoms with E-state index in [1.165, 1.54) is 36.0 Å². The second-order valence-corrected chi connectivity index (χ2v) is 7.31.